The number of esters is 2. The molecule has 0 aliphatic heterocycles. The molecule has 0 unspecified atom stereocenters. The van der Waals surface area contributed by atoms with E-state index < -0.39 is 17.4 Å². The van der Waals surface area contributed by atoms with Crippen LogP contribution in [-0.4, -0.2) is 37.3 Å². The molecule has 1 heterocycles. The predicted octanol–water partition coefficient (Wildman–Crippen LogP) is 5.28. The van der Waals surface area contributed by atoms with Gasteiger partial charge < -0.3 is 14.2 Å². The first-order chi connectivity index (χ1) is 18.2. The molecule has 9 heteroatoms. The zero-order chi connectivity index (χ0) is 27.3. The summed E-state index contributed by atoms with van der Waals surface area (Å²) in [6, 6.07) is 20.9. The van der Waals surface area contributed by atoms with Gasteiger partial charge >= 0.3 is 16.8 Å². The molecule has 0 radical (unpaired) electrons. The Morgan fingerprint density at radius 3 is 2.13 bits per heavy atom. The van der Waals surface area contributed by atoms with E-state index in [1.54, 1.807) is 28.8 Å². The molecule has 0 atom stereocenters. The number of carbonyl (C=O) groups excluding carboxylic acids is 2. The summed E-state index contributed by atoms with van der Waals surface area (Å²) in [7, 11) is 2.48. The second-order valence-electron chi connectivity index (χ2n) is 9.11. The van der Waals surface area contributed by atoms with Crippen LogP contribution in [0.3, 0.4) is 0 Å². The van der Waals surface area contributed by atoms with Crippen LogP contribution in [0.25, 0.3) is 10.2 Å². The molecule has 0 aliphatic rings. The molecule has 0 saturated heterocycles. The number of hydrogen-bond donors (Lipinski definition) is 0. The van der Waals surface area contributed by atoms with E-state index in [-0.39, 0.29) is 11.3 Å². The zero-order valence-electron chi connectivity index (χ0n) is 21.4. The Bertz CT molecular complexity index is 1470. The van der Waals surface area contributed by atoms with Gasteiger partial charge in [-0.3, -0.25) is 19.0 Å². The minimum atomic E-state index is -1.44. The Balaban J connectivity index is 1.39. The second kappa shape index (κ2) is 11.8. The summed E-state index contributed by atoms with van der Waals surface area (Å²) in [6.45, 7) is 2.21. The van der Waals surface area contributed by atoms with Crippen molar-refractivity contribution in [2.45, 2.75) is 26.3 Å². The van der Waals surface area contributed by atoms with Crippen LogP contribution in [0.2, 0.25) is 5.02 Å². The van der Waals surface area contributed by atoms with E-state index in [1.807, 2.05) is 36.4 Å². The number of halogens is 1. The lowest BCUT2D eigenvalue weighted by atomic mass is 9.83. The highest BCUT2D eigenvalue weighted by atomic mass is 35.5. The summed E-state index contributed by atoms with van der Waals surface area (Å²) in [6.07, 6.45) is 0.889. The lowest BCUT2D eigenvalue weighted by Gasteiger charge is -2.23. The van der Waals surface area contributed by atoms with E-state index in [4.69, 9.17) is 25.8 Å². The highest BCUT2D eigenvalue weighted by molar-refractivity contribution is 7.16. The highest BCUT2D eigenvalue weighted by Gasteiger charge is 2.43. The molecule has 7 nitrogen and oxygen atoms in total. The largest absolute Gasteiger partial charge is 0.492 e. The Labute approximate surface area is 229 Å². The maximum atomic E-state index is 12.7. The van der Waals surface area contributed by atoms with Crippen molar-refractivity contribution in [3.8, 4) is 5.75 Å². The first-order valence-electron chi connectivity index (χ1n) is 12.0. The summed E-state index contributed by atoms with van der Waals surface area (Å²) < 4.78 is 18.1. The predicted molar refractivity (Wildman–Crippen MR) is 148 cm³/mol. The van der Waals surface area contributed by atoms with Crippen LogP contribution in [-0.2, 0) is 38.4 Å². The number of thiazole rings is 1. The Hall–Kier alpha value is -3.62. The smallest absolute Gasteiger partial charge is 0.323 e. The van der Waals surface area contributed by atoms with Crippen LogP contribution in [0.1, 0.15) is 23.6 Å². The van der Waals surface area contributed by atoms with Crippen molar-refractivity contribution in [1.29, 1.82) is 0 Å². The first kappa shape index (κ1) is 27.4. The third-order valence-electron chi connectivity index (χ3n) is 6.39. The maximum absolute atomic E-state index is 12.7. The number of benzene rings is 3. The molecule has 38 heavy (non-hydrogen) atoms. The van der Waals surface area contributed by atoms with Crippen LogP contribution in [0.15, 0.2) is 71.5 Å². The van der Waals surface area contributed by atoms with Gasteiger partial charge in [-0.25, -0.2) is 0 Å². The van der Waals surface area contributed by atoms with Crippen molar-refractivity contribution in [3.63, 3.8) is 0 Å². The molecular weight excluding hydrogens is 526 g/mol. The van der Waals surface area contributed by atoms with Gasteiger partial charge in [0, 0.05) is 5.02 Å². The van der Waals surface area contributed by atoms with Crippen LogP contribution in [0.5, 0.6) is 5.75 Å². The van der Waals surface area contributed by atoms with Gasteiger partial charge in [0.2, 0.25) is 0 Å². The standard InChI is InChI=1S/C29H28ClNO6S/c1-29(26(32)35-2,27(33)36-3)18-20-6-11-23(12-7-20)37-15-14-31-24-13-8-21(17-25(24)38-28(31)34)16-19-4-9-22(30)10-5-19/h4-13,17H,14-16,18H2,1-3H3. The van der Waals surface area contributed by atoms with Gasteiger partial charge in [-0.15, -0.1) is 0 Å². The fraction of sp³-hybridized carbons (Fsp3) is 0.276. The molecule has 0 spiro atoms. The molecule has 3 aromatic carbocycles. The molecule has 0 amide bonds. The summed E-state index contributed by atoms with van der Waals surface area (Å²) >= 11 is 7.20. The van der Waals surface area contributed by atoms with E-state index in [1.165, 1.54) is 32.5 Å². The number of carbonyl (C=O) groups is 2. The lowest BCUT2D eigenvalue weighted by Crippen LogP contribution is -2.40. The molecule has 0 fully saturated rings. The average molecular weight is 554 g/mol. The van der Waals surface area contributed by atoms with Crippen molar-refractivity contribution >= 4 is 45.1 Å². The number of aromatic nitrogens is 1. The van der Waals surface area contributed by atoms with Gasteiger partial charge in [0.15, 0.2) is 5.41 Å². The van der Waals surface area contributed by atoms with Crippen molar-refractivity contribution in [2.75, 3.05) is 20.8 Å². The molecular formula is C29H28ClNO6S. The van der Waals surface area contributed by atoms with Gasteiger partial charge in [-0.05, 0) is 72.9 Å². The van der Waals surface area contributed by atoms with E-state index in [2.05, 4.69) is 6.07 Å². The van der Waals surface area contributed by atoms with Gasteiger partial charge in [-0.2, -0.15) is 0 Å². The number of nitrogens with zero attached hydrogens (tertiary/aromatic N) is 1. The van der Waals surface area contributed by atoms with Crippen LogP contribution >= 0.6 is 22.9 Å². The third kappa shape index (κ3) is 6.09. The van der Waals surface area contributed by atoms with Crippen molar-refractivity contribution in [1.82, 2.24) is 4.57 Å². The first-order valence-corrected chi connectivity index (χ1v) is 13.2. The van der Waals surface area contributed by atoms with Gasteiger partial charge in [0.25, 0.3) is 0 Å². The number of fused-ring (bicyclic) bond motifs is 1. The minimum Gasteiger partial charge on any atom is -0.492 e. The van der Waals surface area contributed by atoms with Crippen molar-refractivity contribution in [3.05, 3.63) is 98.1 Å². The summed E-state index contributed by atoms with van der Waals surface area (Å²) in [5.74, 6) is -0.699. The van der Waals surface area contributed by atoms with Gasteiger partial charge in [-0.1, -0.05) is 53.3 Å². The summed E-state index contributed by atoms with van der Waals surface area (Å²) in [4.78, 5) is 37.1. The monoisotopic (exact) mass is 553 g/mol. The third-order valence-corrected chi connectivity index (χ3v) is 7.58. The van der Waals surface area contributed by atoms with E-state index >= 15 is 0 Å². The van der Waals surface area contributed by atoms with Crippen molar-refractivity contribution in [2.24, 2.45) is 5.41 Å². The Morgan fingerprint density at radius 1 is 0.895 bits per heavy atom. The summed E-state index contributed by atoms with van der Waals surface area (Å²) in [5, 5.41) is 0.706. The average Bonchev–Trinajstić information content (AvgIpc) is 3.23. The molecule has 198 valence electrons. The Kier molecular flexibility index (Phi) is 8.54. The van der Waals surface area contributed by atoms with Gasteiger partial charge in [0.1, 0.15) is 12.4 Å². The quantitative estimate of drug-likeness (QED) is 0.196. The fourth-order valence-corrected chi connectivity index (χ4v) is 5.42. The van der Waals surface area contributed by atoms with Crippen LogP contribution < -0.4 is 9.61 Å². The topological polar surface area (TPSA) is 83.8 Å². The fourth-order valence-electron chi connectivity index (χ4n) is 4.32. The minimum absolute atomic E-state index is 0.0347. The molecule has 0 saturated carbocycles. The Morgan fingerprint density at radius 2 is 1.50 bits per heavy atom. The maximum Gasteiger partial charge on any atom is 0.323 e. The SMILES string of the molecule is COC(=O)C(C)(Cc1ccc(OCCn2c(=O)sc3cc(Cc4ccc(Cl)cc4)ccc32)cc1)C(=O)OC. The number of methoxy groups -OCH3 is 2. The van der Waals surface area contributed by atoms with Gasteiger partial charge in [0.05, 0.1) is 31.0 Å². The summed E-state index contributed by atoms with van der Waals surface area (Å²) in [5.41, 5.74) is 2.47. The number of hydrogen-bond acceptors (Lipinski definition) is 7. The second-order valence-corrected chi connectivity index (χ2v) is 10.5. The van der Waals surface area contributed by atoms with E-state index in [9.17, 15) is 14.4 Å². The number of rotatable bonds is 10. The lowest BCUT2D eigenvalue weighted by molar-refractivity contribution is -0.167. The molecule has 4 aromatic rings. The van der Waals surface area contributed by atoms with E-state index in [0.717, 1.165) is 33.3 Å². The highest BCUT2D eigenvalue weighted by Crippen LogP contribution is 2.27. The zero-order valence-corrected chi connectivity index (χ0v) is 22.9. The molecule has 1 aromatic heterocycles. The molecule has 0 N–H and O–H groups in total. The molecule has 0 aliphatic carbocycles. The normalized spacial score (nSPS) is 11.4. The number of ether oxygens (including phenoxy) is 3. The van der Waals surface area contributed by atoms with Crippen molar-refractivity contribution < 1.29 is 23.8 Å². The molecule has 0 bridgehead atoms. The van der Waals surface area contributed by atoms with Crippen LogP contribution in [0, 0.1) is 5.41 Å². The molecule has 4 rings (SSSR count). The van der Waals surface area contributed by atoms with E-state index in [0.29, 0.717) is 23.9 Å². The van der Waals surface area contributed by atoms with Crippen LogP contribution in [0.4, 0.5) is 0 Å².